The van der Waals surface area contributed by atoms with E-state index >= 15 is 0 Å². The third-order valence-corrected chi connectivity index (χ3v) is 4.17. The molecule has 2 atom stereocenters. The van der Waals surface area contributed by atoms with Crippen LogP contribution < -0.4 is 10.2 Å². The summed E-state index contributed by atoms with van der Waals surface area (Å²) in [5, 5.41) is 7.61. The Morgan fingerprint density at radius 2 is 2.20 bits per heavy atom. The third kappa shape index (κ3) is 1.90. The molecular formula is C14H22N4O2. The van der Waals surface area contributed by atoms with Crippen molar-refractivity contribution in [1.82, 2.24) is 9.78 Å². The minimum absolute atomic E-state index is 0.0612. The summed E-state index contributed by atoms with van der Waals surface area (Å²) in [7, 11) is 0. The van der Waals surface area contributed by atoms with Gasteiger partial charge in [-0.3, -0.25) is 4.79 Å². The highest BCUT2D eigenvalue weighted by Gasteiger charge is 2.43. The average Bonchev–Trinajstić information content (AvgIpc) is 3.00. The standard InChI is InChI=1S/C14H22N4O2/c1-4-6-17-11-8-20-7-10(11)13(19)15-12-9(3)16-18(5-2)14(12)17/h10-11H,4-8H2,1-3H3,(H,15,19). The molecule has 1 fully saturated rings. The number of rotatable bonds is 3. The van der Waals surface area contributed by atoms with Crippen LogP contribution in [0.25, 0.3) is 0 Å². The topological polar surface area (TPSA) is 59.4 Å². The van der Waals surface area contributed by atoms with Crippen molar-refractivity contribution in [2.24, 2.45) is 5.92 Å². The maximum atomic E-state index is 12.4. The molecule has 1 saturated heterocycles. The molecule has 0 radical (unpaired) electrons. The van der Waals surface area contributed by atoms with Crippen LogP contribution >= 0.6 is 0 Å². The van der Waals surface area contributed by atoms with Gasteiger partial charge in [-0.2, -0.15) is 5.10 Å². The molecule has 2 aliphatic heterocycles. The molecule has 0 spiro atoms. The van der Waals surface area contributed by atoms with E-state index in [4.69, 9.17) is 4.74 Å². The molecular weight excluding hydrogens is 256 g/mol. The highest BCUT2D eigenvalue weighted by Crippen LogP contribution is 2.37. The molecule has 0 aromatic carbocycles. The van der Waals surface area contributed by atoms with Gasteiger partial charge in [0.25, 0.3) is 0 Å². The summed E-state index contributed by atoms with van der Waals surface area (Å²) in [6.07, 6.45) is 1.03. The van der Waals surface area contributed by atoms with Gasteiger partial charge in [0.15, 0.2) is 5.82 Å². The zero-order chi connectivity index (χ0) is 14.3. The lowest BCUT2D eigenvalue weighted by atomic mass is 10.0. The number of carbonyl (C=O) groups excluding carboxylic acids is 1. The summed E-state index contributed by atoms with van der Waals surface area (Å²) in [5.41, 5.74) is 1.76. The second-order valence-electron chi connectivity index (χ2n) is 5.49. The van der Waals surface area contributed by atoms with Gasteiger partial charge in [-0.1, -0.05) is 6.92 Å². The summed E-state index contributed by atoms with van der Waals surface area (Å²) in [4.78, 5) is 14.7. The molecule has 0 bridgehead atoms. The van der Waals surface area contributed by atoms with E-state index in [-0.39, 0.29) is 17.9 Å². The Kier molecular flexibility index (Phi) is 3.41. The van der Waals surface area contributed by atoms with Crippen LogP contribution in [-0.2, 0) is 16.1 Å². The number of carbonyl (C=O) groups is 1. The molecule has 1 aromatic heterocycles. The number of fused-ring (bicyclic) bond motifs is 2. The largest absolute Gasteiger partial charge is 0.378 e. The van der Waals surface area contributed by atoms with Gasteiger partial charge in [-0.25, -0.2) is 4.68 Å². The number of aromatic nitrogens is 2. The SMILES string of the molecule is CCCN1c2c(c(C)nn2CC)NC(=O)C2COCC21. The minimum atomic E-state index is -0.0846. The number of anilines is 2. The number of nitrogens with zero attached hydrogens (tertiary/aromatic N) is 3. The van der Waals surface area contributed by atoms with Crippen molar-refractivity contribution < 1.29 is 9.53 Å². The summed E-state index contributed by atoms with van der Waals surface area (Å²) in [6, 6.07) is 0.123. The van der Waals surface area contributed by atoms with Crippen LogP contribution in [0.5, 0.6) is 0 Å². The molecule has 1 N–H and O–H groups in total. The minimum Gasteiger partial charge on any atom is -0.378 e. The first-order chi connectivity index (χ1) is 9.67. The zero-order valence-corrected chi connectivity index (χ0v) is 12.3. The van der Waals surface area contributed by atoms with Crippen LogP contribution in [0.15, 0.2) is 0 Å². The van der Waals surface area contributed by atoms with E-state index < -0.39 is 0 Å². The molecule has 3 rings (SSSR count). The maximum Gasteiger partial charge on any atom is 0.232 e. The Hall–Kier alpha value is -1.56. The fraction of sp³-hybridized carbons (Fsp3) is 0.714. The number of hydrogen-bond acceptors (Lipinski definition) is 4. The van der Waals surface area contributed by atoms with E-state index in [0.29, 0.717) is 13.2 Å². The maximum absolute atomic E-state index is 12.4. The van der Waals surface area contributed by atoms with Crippen molar-refractivity contribution in [3.63, 3.8) is 0 Å². The first-order valence-corrected chi connectivity index (χ1v) is 7.40. The lowest BCUT2D eigenvalue weighted by molar-refractivity contribution is -0.120. The smallest absolute Gasteiger partial charge is 0.232 e. The first kappa shape index (κ1) is 13.4. The quantitative estimate of drug-likeness (QED) is 0.908. The lowest BCUT2D eigenvalue weighted by Crippen LogP contribution is -2.44. The molecule has 1 aromatic rings. The monoisotopic (exact) mass is 278 g/mol. The first-order valence-electron chi connectivity index (χ1n) is 7.40. The normalized spacial score (nSPS) is 25.1. The Labute approximate surface area is 119 Å². The fourth-order valence-electron chi connectivity index (χ4n) is 3.21. The van der Waals surface area contributed by atoms with Gasteiger partial charge in [-0.05, 0) is 20.3 Å². The van der Waals surface area contributed by atoms with Gasteiger partial charge in [-0.15, -0.1) is 0 Å². The molecule has 6 heteroatoms. The van der Waals surface area contributed by atoms with Crippen LogP contribution in [0.1, 0.15) is 26.0 Å². The number of amides is 1. The average molecular weight is 278 g/mol. The molecule has 1 amide bonds. The summed E-state index contributed by atoms with van der Waals surface area (Å²) in [5.74, 6) is 1.02. The zero-order valence-electron chi connectivity index (χ0n) is 12.3. The van der Waals surface area contributed by atoms with Crippen LogP contribution in [0.2, 0.25) is 0 Å². The van der Waals surface area contributed by atoms with Gasteiger partial charge in [0.05, 0.1) is 30.9 Å². The number of ether oxygens (including phenoxy) is 1. The molecule has 3 heterocycles. The third-order valence-electron chi connectivity index (χ3n) is 4.17. The van der Waals surface area contributed by atoms with Gasteiger partial charge < -0.3 is 15.0 Å². The van der Waals surface area contributed by atoms with Gasteiger partial charge >= 0.3 is 0 Å². The van der Waals surface area contributed by atoms with Crippen molar-refractivity contribution in [2.75, 3.05) is 30.0 Å². The van der Waals surface area contributed by atoms with E-state index in [9.17, 15) is 4.79 Å². The molecule has 110 valence electrons. The second-order valence-corrected chi connectivity index (χ2v) is 5.49. The summed E-state index contributed by atoms with van der Waals surface area (Å²) in [6.45, 7) is 9.02. The van der Waals surface area contributed by atoms with Crippen LogP contribution in [0, 0.1) is 12.8 Å². The van der Waals surface area contributed by atoms with Crippen LogP contribution in [-0.4, -0.2) is 41.5 Å². The molecule has 20 heavy (non-hydrogen) atoms. The predicted molar refractivity (Wildman–Crippen MR) is 77.0 cm³/mol. The number of hydrogen-bond donors (Lipinski definition) is 1. The Morgan fingerprint density at radius 1 is 1.40 bits per heavy atom. The molecule has 2 aliphatic rings. The molecule has 2 unspecified atom stereocenters. The Morgan fingerprint density at radius 3 is 2.90 bits per heavy atom. The van der Waals surface area contributed by atoms with E-state index in [0.717, 1.165) is 36.7 Å². The fourth-order valence-corrected chi connectivity index (χ4v) is 3.21. The predicted octanol–water partition coefficient (Wildman–Crippen LogP) is 1.39. The number of aryl methyl sites for hydroxylation is 2. The van der Waals surface area contributed by atoms with Gasteiger partial charge in [0, 0.05) is 13.1 Å². The lowest BCUT2D eigenvalue weighted by Gasteiger charge is -2.31. The highest BCUT2D eigenvalue weighted by atomic mass is 16.5. The Bertz CT molecular complexity index is 525. The highest BCUT2D eigenvalue weighted by molar-refractivity contribution is 5.98. The van der Waals surface area contributed by atoms with Gasteiger partial charge in [0.2, 0.25) is 5.91 Å². The van der Waals surface area contributed by atoms with Crippen molar-refractivity contribution in [3.8, 4) is 0 Å². The second kappa shape index (κ2) is 5.09. The number of nitrogens with one attached hydrogen (secondary N) is 1. The van der Waals surface area contributed by atoms with Crippen molar-refractivity contribution in [1.29, 1.82) is 0 Å². The van der Waals surface area contributed by atoms with E-state index in [1.54, 1.807) is 0 Å². The molecule has 6 nitrogen and oxygen atoms in total. The van der Waals surface area contributed by atoms with Gasteiger partial charge in [0.1, 0.15) is 5.69 Å². The van der Waals surface area contributed by atoms with Crippen molar-refractivity contribution in [2.45, 2.75) is 39.8 Å². The van der Waals surface area contributed by atoms with Crippen LogP contribution in [0.4, 0.5) is 11.5 Å². The molecule has 0 saturated carbocycles. The van der Waals surface area contributed by atoms with E-state index in [2.05, 4.69) is 29.2 Å². The van der Waals surface area contributed by atoms with Crippen molar-refractivity contribution >= 4 is 17.4 Å². The molecule has 0 aliphatic carbocycles. The Balaban J connectivity index is 2.12. The van der Waals surface area contributed by atoms with Crippen molar-refractivity contribution in [3.05, 3.63) is 5.69 Å². The van der Waals surface area contributed by atoms with Crippen LogP contribution in [0.3, 0.4) is 0 Å². The van der Waals surface area contributed by atoms with E-state index in [1.165, 1.54) is 0 Å². The summed E-state index contributed by atoms with van der Waals surface area (Å²) >= 11 is 0. The van der Waals surface area contributed by atoms with E-state index in [1.807, 2.05) is 11.6 Å². The summed E-state index contributed by atoms with van der Waals surface area (Å²) < 4.78 is 7.54.